The summed E-state index contributed by atoms with van der Waals surface area (Å²) in [5, 5.41) is 2.73. The van der Waals surface area contributed by atoms with Gasteiger partial charge in [-0.05, 0) is 38.9 Å². The van der Waals surface area contributed by atoms with Crippen LogP contribution in [0.5, 0.6) is 5.75 Å². The molecule has 11 heteroatoms. The van der Waals surface area contributed by atoms with Crippen LogP contribution in [-0.2, 0) is 9.53 Å². The van der Waals surface area contributed by atoms with Gasteiger partial charge in [0.05, 0.1) is 24.3 Å². The smallest absolute Gasteiger partial charge is 0.237 e. The highest BCUT2D eigenvalue weighted by atomic mass is 19.1. The van der Waals surface area contributed by atoms with E-state index in [0.29, 0.717) is 35.8 Å². The van der Waals surface area contributed by atoms with Gasteiger partial charge >= 0.3 is 0 Å². The largest absolute Gasteiger partial charge is 0.488 e. The zero-order valence-corrected chi connectivity index (χ0v) is 22.8. The molecule has 2 heterocycles. The number of benzene rings is 1. The van der Waals surface area contributed by atoms with Gasteiger partial charge in [0.25, 0.3) is 0 Å². The van der Waals surface area contributed by atoms with Gasteiger partial charge < -0.3 is 20.5 Å². The summed E-state index contributed by atoms with van der Waals surface area (Å²) < 4.78 is 26.4. The molecule has 1 saturated heterocycles. The fraction of sp³-hybridized carbons (Fsp3) is 0.593. The Bertz CT molecular complexity index is 1130. The number of carbonyl (C=O) groups is 1. The minimum atomic E-state index is -1.41. The van der Waals surface area contributed by atoms with Crippen molar-refractivity contribution in [3.63, 3.8) is 0 Å². The third kappa shape index (κ3) is 8.16. The molecule has 0 spiro atoms. The molecule has 1 aliphatic rings. The van der Waals surface area contributed by atoms with Crippen LogP contribution >= 0.6 is 0 Å². The van der Waals surface area contributed by atoms with Crippen LogP contribution in [0.1, 0.15) is 51.0 Å². The van der Waals surface area contributed by atoms with Gasteiger partial charge in [-0.25, -0.2) is 14.4 Å². The maximum absolute atomic E-state index is 14.9. The average Bonchev–Trinajstić information content (AvgIpc) is 2.92. The maximum Gasteiger partial charge on any atom is 0.237 e. The number of piperidine rings is 1. The highest BCUT2D eigenvalue weighted by molar-refractivity contribution is 5.93. The van der Waals surface area contributed by atoms with Crippen molar-refractivity contribution in [3.8, 4) is 5.75 Å². The number of nitrogens with one attached hydrogen (secondary N) is 1. The lowest BCUT2D eigenvalue weighted by atomic mass is 10.00. The number of fused-ring (bicyclic) bond motifs is 1. The van der Waals surface area contributed by atoms with Crippen molar-refractivity contribution in [3.05, 3.63) is 23.9 Å². The van der Waals surface area contributed by atoms with E-state index in [2.05, 4.69) is 25.3 Å². The van der Waals surface area contributed by atoms with Crippen LogP contribution in [0.25, 0.3) is 11.0 Å². The van der Waals surface area contributed by atoms with E-state index in [-0.39, 0.29) is 36.8 Å². The molecule has 3 unspecified atom stereocenters. The molecule has 1 aromatic heterocycles. The molecular weight excluding hydrogens is 489 g/mol. The Hall–Kier alpha value is -3.18. The topological polar surface area (TPSA) is 127 Å². The quantitative estimate of drug-likeness (QED) is 0.246. The fourth-order valence-electron chi connectivity index (χ4n) is 4.31. The number of carbonyl (C=O) groups excluding carboxylic acids is 1. The minimum Gasteiger partial charge on any atom is -0.488 e. The fourth-order valence-corrected chi connectivity index (χ4v) is 4.31. The van der Waals surface area contributed by atoms with Crippen molar-refractivity contribution in [1.82, 2.24) is 20.2 Å². The third-order valence-electron chi connectivity index (χ3n) is 6.47. The Morgan fingerprint density at radius 3 is 2.95 bits per heavy atom. The number of nitrogens with two attached hydrogens (primary N) is 1. The molecule has 3 rings (SSSR count). The number of aliphatic imine (C=N–C) groups is 2. The van der Waals surface area contributed by atoms with Crippen LogP contribution in [0.4, 0.5) is 10.2 Å². The molecule has 0 saturated carbocycles. The number of amides is 1. The van der Waals surface area contributed by atoms with E-state index in [1.165, 1.54) is 6.20 Å². The Balaban J connectivity index is 1.72. The number of hydrogen-bond donors (Lipinski definition) is 2. The summed E-state index contributed by atoms with van der Waals surface area (Å²) in [6.45, 7) is 5.41. The summed E-state index contributed by atoms with van der Waals surface area (Å²) in [4.78, 5) is 32.0. The minimum absolute atomic E-state index is 0.137. The van der Waals surface area contributed by atoms with Gasteiger partial charge in [-0.1, -0.05) is 26.3 Å². The highest BCUT2D eigenvalue weighted by Crippen LogP contribution is 2.33. The first-order valence-corrected chi connectivity index (χ1v) is 13.2. The first-order chi connectivity index (χ1) is 18.3. The average molecular weight is 530 g/mol. The number of halogens is 1. The van der Waals surface area contributed by atoms with E-state index in [1.807, 2.05) is 37.9 Å². The van der Waals surface area contributed by atoms with E-state index in [4.69, 9.17) is 15.2 Å². The number of nitrogens with zero attached hydrogens (tertiary/aromatic N) is 5. The van der Waals surface area contributed by atoms with E-state index in [0.717, 1.165) is 37.8 Å². The van der Waals surface area contributed by atoms with Crippen LogP contribution in [0.2, 0.25) is 0 Å². The number of ether oxygens (including phenoxy) is 2. The molecule has 2 aromatic rings. The van der Waals surface area contributed by atoms with E-state index < -0.39 is 6.17 Å². The lowest BCUT2D eigenvalue weighted by Gasteiger charge is -2.31. The SMILES string of the molecule is CCCOCC(/N=C\C(C)c1ccc2ncc(N)nc2c1OCC(F)CNC(=O)C1CCCCN1C)=N/C. The summed E-state index contributed by atoms with van der Waals surface area (Å²) in [6, 6.07) is 3.47. The van der Waals surface area contributed by atoms with Gasteiger partial charge in [0, 0.05) is 31.4 Å². The number of rotatable bonds is 12. The van der Waals surface area contributed by atoms with Gasteiger partial charge in [0.2, 0.25) is 5.91 Å². The molecule has 1 amide bonds. The summed E-state index contributed by atoms with van der Waals surface area (Å²) in [5.74, 6) is 0.829. The molecule has 0 aliphatic carbocycles. The number of nitrogen functional groups attached to an aromatic ring is 1. The van der Waals surface area contributed by atoms with Crippen molar-refractivity contribution in [1.29, 1.82) is 0 Å². The second kappa shape index (κ2) is 14.7. The zero-order chi connectivity index (χ0) is 27.5. The second-order valence-electron chi connectivity index (χ2n) is 9.55. The van der Waals surface area contributed by atoms with Crippen molar-refractivity contribution < 1.29 is 18.7 Å². The lowest BCUT2D eigenvalue weighted by molar-refractivity contribution is -0.127. The first kappa shape index (κ1) is 29.4. The Morgan fingerprint density at radius 2 is 2.21 bits per heavy atom. The van der Waals surface area contributed by atoms with Crippen LogP contribution in [0.15, 0.2) is 28.3 Å². The van der Waals surface area contributed by atoms with E-state index >= 15 is 0 Å². The zero-order valence-electron chi connectivity index (χ0n) is 22.8. The van der Waals surface area contributed by atoms with Crippen molar-refractivity contribution in [2.24, 2.45) is 9.98 Å². The molecule has 208 valence electrons. The maximum atomic E-state index is 14.9. The highest BCUT2D eigenvalue weighted by Gasteiger charge is 2.26. The van der Waals surface area contributed by atoms with Gasteiger partial charge in [0.1, 0.15) is 30.4 Å². The molecule has 0 bridgehead atoms. The number of likely N-dealkylation sites (N-methyl/N-ethyl adjacent to an activating group) is 1. The Morgan fingerprint density at radius 1 is 1.39 bits per heavy atom. The number of aromatic nitrogens is 2. The predicted octanol–water partition coefficient (Wildman–Crippen LogP) is 3.16. The number of hydrogen-bond acceptors (Lipinski definition) is 8. The van der Waals surface area contributed by atoms with Gasteiger partial charge in [-0.2, -0.15) is 0 Å². The second-order valence-corrected chi connectivity index (χ2v) is 9.55. The summed E-state index contributed by atoms with van der Waals surface area (Å²) in [7, 11) is 3.59. The van der Waals surface area contributed by atoms with Crippen molar-refractivity contribution >= 4 is 34.8 Å². The molecule has 38 heavy (non-hydrogen) atoms. The number of amidine groups is 1. The molecular formula is C27H40FN7O3. The molecule has 3 atom stereocenters. The van der Waals surface area contributed by atoms with Crippen LogP contribution in [0.3, 0.4) is 0 Å². The molecule has 1 aliphatic heterocycles. The van der Waals surface area contributed by atoms with Gasteiger partial charge in [0.15, 0.2) is 11.9 Å². The normalized spacial score (nSPS) is 18.6. The Kier molecular flexibility index (Phi) is 11.3. The monoisotopic (exact) mass is 529 g/mol. The Labute approximate surface area is 223 Å². The molecule has 1 aromatic carbocycles. The summed E-state index contributed by atoms with van der Waals surface area (Å²) in [5.41, 5.74) is 7.68. The molecule has 1 fully saturated rings. The third-order valence-corrected chi connectivity index (χ3v) is 6.47. The van der Waals surface area contributed by atoms with E-state index in [9.17, 15) is 9.18 Å². The van der Waals surface area contributed by atoms with Crippen LogP contribution in [0, 0.1) is 0 Å². The number of alkyl halides is 1. The van der Waals surface area contributed by atoms with Crippen LogP contribution < -0.4 is 15.8 Å². The van der Waals surface area contributed by atoms with Crippen LogP contribution in [-0.4, -0.2) is 92.0 Å². The summed E-state index contributed by atoms with van der Waals surface area (Å²) >= 11 is 0. The first-order valence-electron chi connectivity index (χ1n) is 13.2. The number of anilines is 1. The summed E-state index contributed by atoms with van der Waals surface area (Å²) in [6.07, 6.45) is 5.56. The van der Waals surface area contributed by atoms with Gasteiger partial charge in [-0.15, -0.1) is 0 Å². The van der Waals surface area contributed by atoms with Crippen molar-refractivity contribution in [2.45, 2.75) is 57.7 Å². The lowest BCUT2D eigenvalue weighted by Crippen LogP contribution is -2.49. The molecule has 0 radical (unpaired) electrons. The standard InChI is InChI=1S/C27H40FN7O3/c1-5-12-37-17-24(30-3)32-13-18(2)20-9-10-21-25(34-23(29)15-31-21)26(20)38-16-19(28)14-33-27(36)22-8-6-7-11-35(22)4/h9-10,13,15,18-19,22H,5-8,11-12,14,16-17H2,1-4H3,(H2,29,34)(H,33,36)/b30-24-,32-13-. The predicted molar refractivity (Wildman–Crippen MR) is 149 cm³/mol. The van der Waals surface area contributed by atoms with Gasteiger partial charge in [-0.3, -0.25) is 19.7 Å². The molecule has 3 N–H and O–H groups in total. The molecule has 10 nitrogen and oxygen atoms in total. The van der Waals surface area contributed by atoms with Crippen molar-refractivity contribution in [2.75, 3.05) is 52.7 Å². The van der Waals surface area contributed by atoms with E-state index in [1.54, 1.807) is 13.3 Å². The number of likely N-dealkylation sites (tertiary alicyclic amines) is 1.